The molecule has 0 saturated carbocycles. The quantitative estimate of drug-likeness (QED) is 0.513. The van der Waals surface area contributed by atoms with Crippen molar-refractivity contribution in [1.29, 1.82) is 0 Å². The lowest BCUT2D eigenvalue weighted by atomic mass is 10.0. The maximum Gasteiger partial charge on any atom is 0.339 e. The predicted octanol–water partition coefficient (Wildman–Crippen LogP) is 4.44. The molecule has 1 heterocycles. The number of aryl methyl sites for hydroxylation is 1. The molecule has 1 atom stereocenters. The van der Waals surface area contributed by atoms with E-state index >= 15 is 0 Å². The second-order valence-electron chi connectivity index (χ2n) is 7.36. The number of rotatable bonds is 9. The van der Waals surface area contributed by atoms with Crippen LogP contribution in [0.5, 0.6) is 5.75 Å². The fourth-order valence-electron chi connectivity index (χ4n) is 3.59. The zero-order valence-electron chi connectivity index (χ0n) is 18.2. The first-order valence-corrected chi connectivity index (χ1v) is 11.6. The fourth-order valence-corrected chi connectivity index (χ4v) is 5.21. The van der Waals surface area contributed by atoms with Crippen LogP contribution in [-0.4, -0.2) is 35.9 Å². The van der Waals surface area contributed by atoms with Gasteiger partial charge in [-0.2, -0.15) is 4.31 Å². The minimum Gasteiger partial charge on any atom is -0.496 e. The zero-order chi connectivity index (χ0) is 23.3. The first-order valence-electron chi connectivity index (χ1n) is 10.2. The number of carboxylic acid groups (broad SMARTS) is 1. The number of aromatic nitrogens is 1. The second kappa shape index (κ2) is 9.93. The topological polar surface area (TPSA) is 96.8 Å². The first kappa shape index (κ1) is 23.4. The Morgan fingerprint density at radius 2 is 1.84 bits per heavy atom. The van der Waals surface area contributed by atoms with Crippen LogP contribution in [0.1, 0.15) is 46.6 Å². The van der Waals surface area contributed by atoms with Crippen molar-refractivity contribution in [2.75, 3.05) is 7.11 Å². The van der Waals surface area contributed by atoms with Crippen LogP contribution in [0, 0.1) is 6.92 Å². The molecule has 168 valence electrons. The van der Waals surface area contributed by atoms with Gasteiger partial charge in [0.1, 0.15) is 16.2 Å². The molecule has 2 aromatic carbocycles. The number of ether oxygens (including phenoxy) is 1. The van der Waals surface area contributed by atoms with Gasteiger partial charge in [-0.25, -0.2) is 13.2 Å². The van der Waals surface area contributed by atoms with Crippen molar-refractivity contribution in [3.05, 3.63) is 89.2 Å². The summed E-state index contributed by atoms with van der Waals surface area (Å²) in [5, 5.41) is 9.53. The highest BCUT2D eigenvalue weighted by atomic mass is 32.2. The van der Waals surface area contributed by atoms with E-state index in [1.165, 1.54) is 23.7 Å². The summed E-state index contributed by atoms with van der Waals surface area (Å²) in [6.45, 7) is 3.70. The van der Waals surface area contributed by atoms with Gasteiger partial charge in [0.25, 0.3) is 0 Å². The van der Waals surface area contributed by atoms with Gasteiger partial charge in [0.15, 0.2) is 0 Å². The summed E-state index contributed by atoms with van der Waals surface area (Å²) in [6.07, 6.45) is 1.89. The predicted molar refractivity (Wildman–Crippen MR) is 121 cm³/mol. The molecule has 0 aliphatic carbocycles. The van der Waals surface area contributed by atoms with Gasteiger partial charge in [-0.3, -0.25) is 4.98 Å². The van der Waals surface area contributed by atoms with Crippen LogP contribution in [0.25, 0.3) is 0 Å². The molecule has 0 aliphatic rings. The normalized spacial score (nSPS) is 12.5. The minimum absolute atomic E-state index is 0.00607. The molecule has 0 aliphatic heterocycles. The maximum atomic E-state index is 13.7. The molecule has 1 N–H and O–H groups in total. The number of carboxylic acids is 1. The van der Waals surface area contributed by atoms with E-state index in [-0.39, 0.29) is 22.8 Å². The van der Waals surface area contributed by atoms with E-state index in [1.54, 1.807) is 31.2 Å². The molecule has 8 heteroatoms. The van der Waals surface area contributed by atoms with Gasteiger partial charge in [-0.15, -0.1) is 0 Å². The summed E-state index contributed by atoms with van der Waals surface area (Å²) in [7, 11) is -2.54. The molecule has 0 fully saturated rings. The molecule has 3 rings (SSSR count). The zero-order valence-corrected chi connectivity index (χ0v) is 19.0. The molecule has 0 bridgehead atoms. The lowest BCUT2D eigenvalue weighted by molar-refractivity contribution is 0.0693. The van der Waals surface area contributed by atoms with Gasteiger partial charge in [-0.05, 0) is 48.7 Å². The third kappa shape index (κ3) is 4.98. The third-order valence-corrected chi connectivity index (χ3v) is 7.08. The number of benzene rings is 2. The van der Waals surface area contributed by atoms with Crippen LogP contribution in [-0.2, 0) is 16.6 Å². The number of hydrogen-bond donors (Lipinski definition) is 1. The Labute approximate surface area is 188 Å². The van der Waals surface area contributed by atoms with Crippen LogP contribution in [0.3, 0.4) is 0 Å². The van der Waals surface area contributed by atoms with Gasteiger partial charge >= 0.3 is 5.97 Å². The van der Waals surface area contributed by atoms with E-state index in [4.69, 9.17) is 4.74 Å². The lowest BCUT2D eigenvalue weighted by Crippen LogP contribution is -2.34. The Balaban J connectivity index is 2.11. The molecular weight excluding hydrogens is 428 g/mol. The molecule has 1 unspecified atom stereocenters. The average molecular weight is 455 g/mol. The first-order chi connectivity index (χ1) is 15.3. The molecule has 32 heavy (non-hydrogen) atoms. The van der Waals surface area contributed by atoms with E-state index in [0.717, 1.165) is 5.56 Å². The Bertz CT molecular complexity index is 1180. The van der Waals surface area contributed by atoms with Crippen LogP contribution in [0.2, 0.25) is 0 Å². The van der Waals surface area contributed by atoms with Gasteiger partial charge in [0.05, 0.1) is 13.2 Å². The number of pyridine rings is 1. The highest BCUT2D eigenvalue weighted by Gasteiger charge is 2.32. The van der Waals surface area contributed by atoms with Crippen molar-refractivity contribution in [3.8, 4) is 5.75 Å². The lowest BCUT2D eigenvalue weighted by Gasteiger charge is -2.31. The number of methoxy groups -OCH3 is 1. The third-order valence-electron chi connectivity index (χ3n) is 5.24. The van der Waals surface area contributed by atoms with Gasteiger partial charge < -0.3 is 9.84 Å². The standard InChI is InChI=1S/C24H26N2O5S/c1-4-22(19-8-6-5-7-9-19)26(32(29,30)20-12-10-17(2)25-15-20)16-18-11-13-23(31-3)21(14-18)24(27)28/h5-15,22H,4,16H2,1-3H3,(H,27,28). The van der Waals surface area contributed by atoms with Crippen LogP contribution < -0.4 is 4.74 Å². The molecule has 0 spiro atoms. The van der Waals surface area contributed by atoms with Crippen molar-refractivity contribution in [1.82, 2.24) is 9.29 Å². The maximum absolute atomic E-state index is 13.7. The Morgan fingerprint density at radius 3 is 2.41 bits per heavy atom. The highest BCUT2D eigenvalue weighted by molar-refractivity contribution is 7.89. The summed E-state index contributed by atoms with van der Waals surface area (Å²) in [5.41, 5.74) is 2.09. The SMILES string of the molecule is CCC(c1ccccc1)N(Cc1ccc(OC)c(C(=O)O)c1)S(=O)(=O)c1ccc(C)nc1. The number of sulfonamides is 1. The number of aromatic carboxylic acids is 1. The van der Waals surface area contributed by atoms with Crippen LogP contribution in [0.15, 0.2) is 71.8 Å². The van der Waals surface area contributed by atoms with Crippen molar-refractivity contribution in [3.63, 3.8) is 0 Å². The molecule has 0 radical (unpaired) electrons. The molecule has 7 nitrogen and oxygen atoms in total. The minimum atomic E-state index is -3.93. The number of hydrogen-bond acceptors (Lipinski definition) is 5. The summed E-state index contributed by atoms with van der Waals surface area (Å²) >= 11 is 0. The van der Waals surface area contributed by atoms with Crippen LogP contribution >= 0.6 is 0 Å². The van der Waals surface area contributed by atoms with Crippen LogP contribution in [0.4, 0.5) is 0 Å². The monoisotopic (exact) mass is 454 g/mol. The van der Waals surface area contributed by atoms with Crippen molar-refractivity contribution in [2.45, 2.75) is 37.8 Å². The molecule has 3 aromatic rings. The Kier molecular flexibility index (Phi) is 7.27. The van der Waals surface area contributed by atoms with E-state index < -0.39 is 22.0 Å². The summed E-state index contributed by atoms with van der Waals surface area (Å²) in [6, 6.07) is 16.8. The largest absolute Gasteiger partial charge is 0.496 e. The summed E-state index contributed by atoms with van der Waals surface area (Å²) in [4.78, 5) is 15.9. The highest BCUT2D eigenvalue weighted by Crippen LogP contribution is 2.32. The number of carbonyl (C=O) groups is 1. The van der Waals surface area contributed by atoms with E-state index in [0.29, 0.717) is 17.7 Å². The van der Waals surface area contributed by atoms with E-state index in [2.05, 4.69) is 4.98 Å². The summed E-state index contributed by atoms with van der Waals surface area (Å²) in [5.74, 6) is -0.926. The summed E-state index contributed by atoms with van der Waals surface area (Å²) < 4.78 is 34.0. The van der Waals surface area contributed by atoms with Gasteiger partial charge in [0.2, 0.25) is 10.0 Å². The molecule has 1 aromatic heterocycles. The van der Waals surface area contributed by atoms with Crippen molar-refractivity contribution >= 4 is 16.0 Å². The number of nitrogens with zero attached hydrogens (tertiary/aromatic N) is 2. The smallest absolute Gasteiger partial charge is 0.339 e. The second-order valence-corrected chi connectivity index (χ2v) is 9.25. The molecular formula is C24H26N2O5S. The average Bonchev–Trinajstić information content (AvgIpc) is 2.79. The molecule has 0 saturated heterocycles. The Morgan fingerprint density at radius 1 is 1.12 bits per heavy atom. The van der Waals surface area contributed by atoms with Gasteiger partial charge in [-0.1, -0.05) is 43.3 Å². The van der Waals surface area contributed by atoms with Gasteiger partial charge in [0, 0.05) is 18.4 Å². The molecule has 0 amide bonds. The van der Waals surface area contributed by atoms with E-state index in [1.807, 2.05) is 37.3 Å². The van der Waals surface area contributed by atoms with E-state index in [9.17, 15) is 18.3 Å². The van der Waals surface area contributed by atoms with Crippen molar-refractivity contribution in [2.24, 2.45) is 0 Å². The Hall–Kier alpha value is -3.23. The fraction of sp³-hybridized carbons (Fsp3) is 0.250. The van der Waals surface area contributed by atoms with Crippen molar-refractivity contribution < 1.29 is 23.1 Å².